The van der Waals surface area contributed by atoms with E-state index in [0.29, 0.717) is 17.8 Å². The quantitative estimate of drug-likeness (QED) is 0.593. The van der Waals surface area contributed by atoms with Crippen molar-refractivity contribution >= 4 is 11.8 Å². The van der Waals surface area contributed by atoms with Crippen molar-refractivity contribution in [3.8, 4) is 11.3 Å². The molecular weight excluding hydrogens is 430 g/mol. The number of halogens is 2. The Hall–Kier alpha value is -3.59. The standard InChI is InChI=1S/C24H24F2N4O3/c25-19-10-18(11-20(26)12-19)22-6-7-23(31)30(28-22)15-16-3-1-5-21(9-16)29(24(32)33)14-17-4-2-8-27-13-17/h1,3,5-7,9-12,17,27H,2,4,8,13-15H2,(H,32,33). The van der Waals surface area contributed by atoms with Gasteiger partial charge in [-0.15, -0.1) is 0 Å². The van der Waals surface area contributed by atoms with Crippen LogP contribution in [0.1, 0.15) is 18.4 Å². The monoisotopic (exact) mass is 454 g/mol. The molecule has 4 rings (SSSR count). The average molecular weight is 454 g/mol. The van der Waals surface area contributed by atoms with E-state index >= 15 is 0 Å². The summed E-state index contributed by atoms with van der Waals surface area (Å²) in [6.07, 6.45) is 0.935. The molecule has 0 aliphatic carbocycles. The minimum atomic E-state index is -1.04. The highest BCUT2D eigenvalue weighted by Crippen LogP contribution is 2.22. The molecule has 0 bridgehead atoms. The summed E-state index contributed by atoms with van der Waals surface area (Å²) < 4.78 is 28.4. The molecule has 1 fully saturated rings. The van der Waals surface area contributed by atoms with Gasteiger partial charge in [-0.25, -0.2) is 18.3 Å². The van der Waals surface area contributed by atoms with Crippen LogP contribution in [-0.2, 0) is 6.54 Å². The van der Waals surface area contributed by atoms with Crippen molar-refractivity contribution in [3.63, 3.8) is 0 Å². The average Bonchev–Trinajstić information content (AvgIpc) is 2.79. The van der Waals surface area contributed by atoms with Gasteiger partial charge in [-0.1, -0.05) is 12.1 Å². The van der Waals surface area contributed by atoms with Crippen LogP contribution in [0.5, 0.6) is 0 Å². The van der Waals surface area contributed by atoms with Crippen LogP contribution in [0.15, 0.2) is 59.4 Å². The lowest BCUT2D eigenvalue weighted by Gasteiger charge is -2.28. The number of aromatic nitrogens is 2. The Balaban J connectivity index is 1.59. The number of rotatable bonds is 6. The lowest BCUT2D eigenvalue weighted by atomic mass is 9.99. The molecule has 9 heteroatoms. The van der Waals surface area contributed by atoms with E-state index in [4.69, 9.17) is 0 Å². The van der Waals surface area contributed by atoms with E-state index in [1.165, 1.54) is 21.7 Å². The fourth-order valence-corrected chi connectivity index (χ4v) is 4.05. The first kappa shape index (κ1) is 22.6. The Morgan fingerprint density at radius 3 is 2.64 bits per heavy atom. The van der Waals surface area contributed by atoms with Gasteiger partial charge in [0.1, 0.15) is 11.6 Å². The summed E-state index contributed by atoms with van der Waals surface area (Å²) >= 11 is 0. The fourth-order valence-electron chi connectivity index (χ4n) is 4.05. The molecule has 0 radical (unpaired) electrons. The molecule has 1 amide bonds. The van der Waals surface area contributed by atoms with E-state index in [1.807, 2.05) is 0 Å². The summed E-state index contributed by atoms with van der Waals surface area (Å²) in [4.78, 5) is 25.6. The summed E-state index contributed by atoms with van der Waals surface area (Å²) in [5.41, 5.74) is 1.28. The molecule has 1 aromatic heterocycles. The molecule has 2 aromatic carbocycles. The third-order valence-corrected chi connectivity index (χ3v) is 5.65. The minimum absolute atomic E-state index is 0.0801. The number of carbonyl (C=O) groups is 1. The van der Waals surface area contributed by atoms with Gasteiger partial charge < -0.3 is 10.4 Å². The molecule has 1 aliphatic heterocycles. The Labute approximate surface area is 189 Å². The van der Waals surface area contributed by atoms with Crippen molar-refractivity contribution in [2.24, 2.45) is 5.92 Å². The van der Waals surface area contributed by atoms with Gasteiger partial charge >= 0.3 is 6.09 Å². The van der Waals surface area contributed by atoms with Crippen LogP contribution in [-0.4, -0.2) is 40.6 Å². The second-order valence-corrected chi connectivity index (χ2v) is 8.15. The van der Waals surface area contributed by atoms with Crippen molar-refractivity contribution in [2.45, 2.75) is 19.4 Å². The van der Waals surface area contributed by atoms with E-state index in [0.717, 1.165) is 44.1 Å². The van der Waals surface area contributed by atoms with Crippen LogP contribution >= 0.6 is 0 Å². The second-order valence-electron chi connectivity index (χ2n) is 8.15. The third-order valence-electron chi connectivity index (χ3n) is 5.65. The van der Waals surface area contributed by atoms with Crippen molar-refractivity contribution in [1.82, 2.24) is 15.1 Å². The lowest BCUT2D eigenvalue weighted by molar-refractivity contribution is 0.199. The highest BCUT2D eigenvalue weighted by Gasteiger charge is 2.22. The second kappa shape index (κ2) is 9.91. The predicted molar refractivity (Wildman–Crippen MR) is 120 cm³/mol. The number of carboxylic acid groups (broad SMARTS) is 1. The SMILES string of the molecule is O=C(O)N(CC1CCCNC1)c1cccc(Cn2nc(-c3cc(F)cc(F)c3)ccc2=O)c1. The van der Waals surface area contributed by atoms with Gasteiger partial charge in [0, 0.05) is 29.9 Å². The normalized spacial score (nSPS) is 15.9. The molecule has 1 atom stereocenters. The molecule has 33 heavy (non-hydrogen) atoms. The van der Waals surface area contributed by atoms with Gasteiger partial charge in [0.05, 0.1) is 12.2 Å². The largest absolute Gasteiger partial charge is 0.465 e. The zero-order valence-electron chi connectivity index (χ0n) is 17.9. The first-order chi connectivity index (χ1) is 15.9. The first-order valence-corrected chi connectivity index (χ1v) is 10.7. The first-order valence-electron chi connectivity index (χ1n) is 10.7. The molecule has 1 unspecified atom stereocenters. The summed E-state index contributed by atoms with van der Waals surface area (Å²) in [7, 11) is 0. The van der Waals surface area contributed by atoms with E-state index in [2.05, 4.69) is 10.4 Å². The summed E-state index contributed by atoms with van der Waals surface area (Å²) in [5.74, 6) is -1.25. The fraction of sp³-hybridized carbons (Fsp3) is 0.292. The van der Waals surface area contributed by atoms with Gasteiger partial charge in [-0.05, 0) is 67.7 Å². The van der Waals surface area contributed by atoms with Crippen LogP contribution in [0.3, 0.4) is 0 Å². The molecule has 1 aliphatic rings. The van der Waals surface area contributed by atoms with E-state index in [1.54, 1.807) is 24.3 Å². The summed E-state index contributed by atoms with van der Waals surface area (Å²) in [5, 5.41) is 17.3. The van der Waals surface area contributed by atoms with Crippen molar-refractivity contribution in [3.05, 3.63) is 82.1 Å². The molecule has 7 nitrogen and oxygen atoms in total. The number of hydrogen-bond acceptors (Lipinski definition) is 4. The number of nitrogens with zero attached hydrogens (tertiary/aromatic N) is 3. The predicted octanol–water partition coefficient (Wildman–Crippen LogP) is 3.72. The summed E-state index contributed by atoms with van der Waals surface area (Å²) in [6.45, 7) is 2.18. The van der Waals surface area contributed by atoms with Crippen LogP contribution < -0.4 is 15.8 Å². The van der Waals surface area contributed by atoms with Gasteiger partial charge in [0.2, 0.25) is 0 Å². The van der Waals surface area contributed by atoms with Crippen LogP contribution in [0.4, 0.5) is 19.3 Å². The minimum Gasteiger partial charge on any atom is -0.465 e. The topological polar surface area (TPSA) is 87.5 Å². The zero-order chi connectivity index (χ0) is 23.4. The van der Waals surface area contributed by atoms with Gasteiger partial charge in [-0.3, -0.25) is 9.69 Å². The lowest BCUT2D eigenvalue weighted by Crippen LogP contribution is -2.40. The van der Waals surface area contributed by atoms with Crippen LogP contribution in [0.25, 0.3) is 11.3 Å². The Bertz CT molecular complexity index is 1190. The smallest absolute Gasteiger partial charge is 0.411 e. The highest BCUT2D eigenvalue weighted by molar-refractivity contribution is 5.86. The van der Waals surface area contributed by atoms with E-state index in [9.17, 15) is 23.5 Å². The van der Waals surface area contributed by atoms with Crippen molar-refractivity contribution in [2.75, 3.05) is 24.5 Å². The maximum absolute atomic E-state index is 13.6. The number of benzene rings is 2. The number of piperidine rings is 1. The number of hydrogen-bond donors (Lipinski definition) is 2. The highest BCUT2D eigenvalue weighted by atomic mass is 19.1. The van der Waals surface area contributed by atoms with Gasteiger partial charge in [0.25, 0.3) is 5.56 Å². The molecule has 2 N–H and O–H groups in total. The number of anilines is 1. The maximum atomic E-state index is 13.6. The van der Waals surface area contributed by atoms with Crippen LogP contribution in [0, 0.1) is 17.6 Å². The zero-order valence-corrected chi connectivity index (χ0v) is 17.9. The molecule has 2 heterocycles. The molecule has 0 saturated carbocycles. The number of nitrogens with one attached hydrogen (secondary N) is 1. The van der Waals surface area contributed by atoms with Crippen molar-refractivity contribution in [1.29, 1.82) is 0 Å². The Kier molecular flexibility index (Phi) is 6.79. The maximum Gasteiger partial charge on any atom is 0.411 e. The molecule has 172 valence electrons. The molecular formula is C24H24F2N4O3. The van der Waals surface area contributed by atoms with E-state index in [-0.39, 0.29) is 29.3 Å². The van der Waals surface area contributed by atoms with Crippen LogP contribution in [0.2, 0.25) is 0 Å². The van der Waals surface area contributed by atoms with Gasteiger partial charge in [0.15, 0.2) is 0 Å². The molecule has 0 spiro atoms. The molecule has 1 saturated heterocycles. The van der Waals surface area contributed by atoms with E-state index < -0.39 is 17.7 Å². The summed E-state index contributed by atoms with van der Waals surface area (Å²) in [6, 6.07) is 12.7. The Morgan fingerprint density at radius 2 is 1.94 bits per heavy atom. The Morgan fingerprint density at radius 1 is 1.15 bits per heavy atom. The molecule has 3 aromatic rings. The third kappa shape index (κ3) is 5.61. The van der Waals surface area contributed by atoms with Crippen molar-refractivity contribution < 1.29 is 18.7 Å². The van der Waals surface area contributed by atoms with Gasteiger partial charge in [-0.2, -0.15) is 5.10 Å². The number of amides is 1.